The van der Waals surface area contributed by atoms with Crippen LogP contribution >= 0.6 is 57.1 Å². The van der Waals surface area contributed by atoms with Crippen LogP contribution in [0.25, 0.3) is 6.08 Å². The van der Waals surface area contributed by atoms with Crippen molar-refractivity contribution in [2.24, 2.45) is 4.99 Å². The van der Waals surface area contributed by atoms with E-state index in [1.807, 2.05) is 12.1 Å². The van der Waals surface area contributed by atoms with E-state index in [0.29, 0.717) is 59.2 Å². The molecule has 0 saturated carbocycles. The molecule has 13 heteroatoms. The number of rotatable bonds is 10. The minimum absolute atomic E-state index is 0.166. The van der Waals surface area contributed by atoms with E-state index in [1.165, 1.54) is 23.0 Å². The summed E-state index contributed by atoms with van der Waals surface area (Å²) in [5, 5.41) is 1.04. The molecule has 0 saturated heterocycles. The number of carbonyl (C=O) groups is 1. The van der Waals surface area contributed by atoms with Crippen molar-refractivity contribution in [3.05, 3.63) is 110 Å². The van der Waals surface area contributed by atoms with Crippen LogP contribution in [0.1, 0.15) is 36.6 Å². The molecule has 0 amide bonds. The van der Waals surface area contributed by atoms with Gasteiger partial charge in [-0.1, -0.05) is 40.6 Å². The van der Waals surface area contributed by atoms with E-state index >= 15 is 0 Å². The monoisotopic (exact) mass is 794 g/mol. The highest BCUT2D eigenvalue weighted by molar-refractivity contribution is 14.1. The molecular formula is C33H29Cl2IN2O7S. The number of esters is 1. The van der Waals surface area contributed by atoms with Crippen LogP contribution in [0.5, 0.6) is 23.0 Å². The Morgan fingerprint density at radius 1 is 1.04 bits per heavy atom. The smallest absolute Gasteiger partial charge is 0.338 e. The predicted octanol–water partition coefficient (Wildman–Crippen LogP) is 6.31. The standard InChI is InChI=1S/C33H29Cl2IN2O7S/c1-6-44-32(40)28-17(2)37-33-38(29(28)22-10-9-21(41-3)15-25(22)42-4)31(39)27(46-33)13-18-11-24(36)30(26(12-18)43-5)45-16-19-7-8-20(34)14-23(19)35/h7-15,29H,6,16H2,1-5H3/b27-13-/t29-/m1/s1. The molecule has 9 nitrogen and oxygen atoms in total. The molecule has 240 valence electrons. The normalized spacial score (nSPS) is 14.4. The fraction of sp³-hybridized carbons (Fsp3) is 0.242. The first-order chi connectivity index (χ1) is 22.1. The van der Waals surface area contributed by atoms with Gasteiger partial charge in [-0.15, -0.1) is 0 Å². The maximum absolute atomic E-state index is 14.1. The number of carbonyl (C=O) groups excluding carboxylic acids is 1. The molecule has 1 aliphatic rings. The van der Waals surface area contributed by atoms with E-state index in [9.17, 15) is 9.59 Å². The van der Waals surface area contributed by atoms with Crippen molar-refractivity contribution in [2.45, 2.75) is 26.5 Å². The molecule has 0 unspecified atom stereocenters. The van der Waals surface area contributed by atoms with Crippen LogP contribution in [0, 0.1) is 3.57 Å². The van der Waals surface area contributed by atoms with Crippen molar-refractivity contribution >= 4 is 69.2 Å². The molecule has 2 heterocycles. The van der Waals surface area contributed by atoms with Crippen molar-refractivity contribution in [2.75, 3.05) is 27.9 Å². The molecular weight excluding hydrogens is 766 g/mol. The van der Waals surface area contributed by atoms with E-state index < -0.39 is 12.0 Å². The summed E-state index contributed by atoms with van der Waals surface area (Å²) in [5.74, 6) is 1.48. The summed E-state index contributed by atoms with van der Waals surface area (Å²) in [5.41, 5.74) is 2.45. The number of ether oxygens (including phenoxy) is 5. The lowest BCUT2D eigenvalue weighted by Crippen LogP contribution is -2.40. The Labute approximate surface area is 292 Å². The number of aromatic nitrogens is 1. The minimum Gasteiger partial charge on any atom is -0.497 e. The third-order valence-corrected chi connectivity index (χ3v) is 9.56. The van der Waals surface area contributed by atoms with Gasteiger partial charge >= 0.3 is 5.97 Å². The van der Waals surface area contributed by atoms with Crippen LogP contribution in [-0.4, -0.2) is 38.5 Å². The van der Waals surface area contributed by atoms with Gasteiger partial charge in [0.05, 0.1) is 47.3 Å². The summed E-state index contributed by atoms with van der Waals surface area (Å²) < 4.78 is 30.9. The number of thiazole rings is 1. The predicted molar refractivity (Wildman–Crippen MR) is 186 cm³/mol. The van der Waals surface area contributed by atoms with Gasteiger partial charge in [0.2, 0.25) is 0 Å². The molecule has 1 aromatic heterocycles. The van der Waals surface area contributed by atoms with Crippen molar-refractivity contribution in [3.63, 3.8) is 0 Å². The van der Waals surface area contributed by atoms with Gasteiger partial charge in [-0.05, 0) is 84.5 Å². The molecule has 0 radical (unpaired) electrons. The maximum Gasteiger partial charge on any atom is 0.338 e. The van der Waals surface area contributed by atoms with Crippen LogP contribution in [0.3, 0.4) is 0 Å². The first-order valence-electron chi connectivity index (χ1n) is 14.0. The fourth-order valence-electron chi connectivity index (χ4n) is 5.03. The van der Waals surface area contributed by atoms with Crippen LogP contribution in [0.2, 0.25) is 10.0 Å². The van der Waals surface area contributed by atoms with Gasteiger partial charge < -0.3 is 23.7 Å². The fourth-order valence-corrected chi connectivity index (χ4v) is 7.32. The molecule has 1 atom stereocenters. The lowest BCUT2D eigenvalue weighted by atomic mass is 9.95. The summed E-state index contributed by atoms with van der Waals surface area (Å²) >= 11 is 15.7. The largest absolute Gasteiger partial charge is 0.497 e. The Morgan fingerprint density at radius 3 is 2.48 bits per heavy atom. The van der Waals surface area contributed by atoms with E-state index in [1.54, 1.807) is 70.5 Å². The van der Waals surface area contributed by atoms with Crippen molar-refractivity contribution in [3.8, 4) is 23.0 Å². The van der Waals surface area contributed by atoms with Crippen molar-refractivity contribution < 1.29 is 28.5 Å². The number of nitrogens with zero attached hydrogens (tertiary/aromatic N) is 2. The van der Waals surface area contributed by atoms with Gasteiger partial charge in [0.1, 0.15) is 24.1 Å². The zero-order valence-corrected chi connectivity index (χ0v) is 30.0. The second-order valence-electron chi connectivity index (χ2n) is 9.97. The molecule has 4 aromatic rings. The summed E-state index contributed by atoms with van der Waals surface area (Å²) in [6.07, 6.45) is 1.76. The molecule has 0 bridgehead atoms. The Hall–Kier alpha value is -3.52. The Bertz CT molecular complexity index is 2040. The van der Waals surface area contributed by atoms with Gasteiger partial charge in [-0.2, -0.15) is 0 Å². The van der Waals surface area contributed by atoms with Crippen LogP contribution in [0.15, 0.2) is 69.6 Å². The number of hydrogen-bond donors (Lipinski definition) is 0. The lowest BCUT2D eigenvalue weighted by Gasteiger charge is -2.26. The highest BCUT2D eigenvalue weighted by Crippen LogP contribution is 2.38. The summed E-state index contributed by atoms with van der Waals surface area (Å²) in [6, 6.07) is 13.3. The third-order valence-electron chi connectivity index (χ3n) is 7.19. The van der Waals surface area contributed by atoms with Crippen LogP contribution < -0.4 is 33.8 Å². The number of allylic oxidation sites excluding steroid dienone is 1. The van der Waals surface area contributed by atoms with Gasteiger partial charge in [0, 0.05) is 27.2 Å². The highest BCUT2D eigenvalue weighted by Gasteiger charge is 2.35. The summed E-state index contributed by atoms with van der Waals surface area (Å²) in [4.78, 5) is 32.5. The van der Waals surface area contributed by atoms with Crippen molar-refractivity contribution in [1.29, 1.82) is 0 Å². The molecule has 0 N–H and O–H groups in total. The average Bonchev–Trinajstić information content (AvgIpc) is 3.33. The zero-order chi connectivity index (χ0) is 33.1. The topological polar surface area (TPSA) is 97.6 Å². The Kier molecular flexibility index (Phi) is 10.7. The number of hydrogen-bond acceptors (Lipinski definition) is 9. The first kappa shape index (κ1) is 33.8. The molecule has 0 aliphatic carbocycles. The second kappa shape index (κ2) is 14.5. The second-order valence-corrected chi connectivity index (χ2v) is 13.0. The third kappa shape index (κ3) is 6.78. The lowest BCUT2D eigenvalue weighted by molar-refractivity contribution is -0.139. The van der Waals surface area contributed by atoms with E-state index in [-0.39, 0.29) is 24.3 Å². The number of methoxy groups -OCH3 is 3. The van der Waals surface area contributed by atoms with E-state index in [2.05, 4.69) is 27.6 Å². The summed E-state index contributed by atoms with van der Waals surface area (Å²) in [6.45, 7) is 3.83. The van der Waals surface area contributed by atoms with Crippen LogP contribution in [0.4, 0.5) is 0 Å². The number of benzene rings is 3. The average molecular weight is 795 g/mol. The molecule has 3 aromatic carbocycles. The molecule has 5 rings (SSSR count). The van der Waals surface area contributed by atoms with Gasteiger partial charge in [-0.3, -0.25) is 9.36 Å². The van der Waals surface area contributed by atoms with Gasteiger partial charge in [0.15, 0.2) is 16.3 Å². The maximum atomic E-state index is 14.1. The minimum atomic E-state index is -0.844. The zero-order valence-electron chi connectivity index (χ0n) is 25.5. The van der Waals surface area contributed by atoms with Gasteiger partial charge in [-0.25, -0.2) is 9.79 Å². The van der Waals surface area contributed by atoms with Crippen LogP contribution in [-0.2, 0) is 16.1 Å². The van der Waals surface area contributed by atoms with E-state index in [0.717, 1.165) is 9.13 Å². The number of halogens is 3. The molecule has 0 fully saturated rings. The molecule has 0 spiro atoms. The SMILES string of the molecule is CCOC(=O)C1=C(C)N=c2s/c(=C\c3cc(I)c(OCc4ccc(Cl)cc4Cl)c(OC)c3)c(=O)n2[C@@H]1c1ccc(OC)cc1OC. The Morgan fingerprint density at radius 2 is 1.80 bits per heavy atom. The first-order valence-corrected chi connectivity index (χ1v) is 16.6. The van der Waals surface area contributed by atoms with Crippen molar-refractivity contribution in [1.82, 2.24) is 4.57 Å². The molecule has 46 heavy (non-hydrogen) atoms. The summed E-state index contributed by atoms with van der Waals surface area (Å²) in [7, 11) is 4.62. The Balaban J connectivity index is 1.60. The highest BCUT2D eigenvalue weighted by atomic mass is 127. The van der Waals surface area contributed by atoms with Gasteiger partial charge in [0.25, 0.3) is 5.56 Å². The number of fused-ring (bicyclic) bond motifs is 1. The molecule has 1 aliphatic heterocycles. The van der Waals surface area contributed by atoms with E-state index in [4.69, 9.17) is 46.9 Å². The quantitative estimate of drug-likeness (QED) is 0.137.